The predicted molar refractivity (Wildman–Crippen MR) is 66.6 cm³/mol. The second-order valence-corrected chi connectivity index (χ2v) is 6.34. The number of thioether (sulfide) groups is 1. The molecule has 1 saturated carbocycles. The van der Waals surface area contributed by atoms with Crippen molar-refractivity contribution >= 4 is 17.7 Å². The Balaban J connectivity index is 2.09. The fourth-order valence-electron chi connectivity index (χ4n) is 2.48. The van der Waals surface area contributed by atoms with Gasteiger partial charge in [0.25, 0.3) is 0 Å². The third kappa shape index (κ3) is 2.38. The normalized spacial score (nSPS) is 33.4. The van der Waals surface area contributed by atoms with Gasteiger partial charge in [-0.2, -0.15) is 11.8 Å². The van der Waals surface area contributed by atoms with E-state index in [1.54, 1.807) is 0 Å². The lowest BCUT2D eigenvalue weighted by molar-refractivity contribution is -0.148. The summed E-state index contributed by atoms with van der Waals surface area (Å²) in [4.78, 5) is 14.2. The maximum absolute atomic E-state index is 11.9. The van der Waals surface area contributed by atoms with Gasteiger partial charge in [0.2, 0.25) is 0 Å². The number of rotatable bonds is 3. The van der Waals surface area contributed by atoms with Crippen LogP contribution in [0.3, 0.4) is 0 Å². The second kappa shape index (κ2) is 4.96. The zero-order valence-corrected chi connectivity index (χ0v) is 11.1. The quantitative estimate of drug-likeness (QED) is 0.707. The summed E-state index contributed by atoms with van der Waals surface area (Å²) in [7, 11) is 1.50. The second-order valence-electron chi connectivity index (χ2n) is 4.86. The van der Waals surface area contributed by atoms with E-state index in [2.05, 4.69) is 18.7 Å². The molecule has 0 aromatic rings. The Labute approximate surface area is 102 Å². The van der Waals surface area contributed by atoms with Crippen LogP contribution in [0.15, 0.2) is 0 Å². The number of carbonyl (C=O) groups is 1. The summed E-state index contributed by atoms with van der Waals surface area (Å²) in [6.45, 7) is 5.50. The van der Waals surface area contributed by atoms with Crippen molar-refractivity contribution in [3.63, 3.8) is 0 Å². The van der Waals surface area contributed by atoms with Crippen molar-refractivity contribution in [1.29, 1.82) is 0 Å². The minimum Gasteiger partial charge on any atom is -0.468 e. The zero-order valence-electron chi connectivity index (χ0n) is 10.3. The molecule has 92 valence electrons. The molecule has 16 heavy (non-hydrogen) atoms. The highest BCUT2D eigenvalue weighted by atomic mass is 32.2. The molecule has 3 nitrogen and oxygen atoms in total. The van der Waals surface area contributed by atoms with Gasteiger partial charge in [0.15, 0.2) is 0 Å². The molecule has 0 spiro atoms. The molecule has 3 atom stereocenters. The number of carbonyl (C=O) groups excluding carboxylic acids is 1. The predicted octanol–water partition coefficient (Wildman–Crippen LogP) is 1.76. The van der Waals surface area contributed by atoms with E-state index in [0.717, 1.165) is 12.3 Å². The van der Waals surface area contributed by atoms with Crippen LogP contribution in [-0.2, 0) is 9.53 Å². The fraction of sp³-hybridized carbons (Fsp3) is 0.917. The first-order valence-corrected chi connectivity index (χ1v) is 7.15. The molecule has 1 saturated heterocycles. The molecule has 3 unspecified atom stereocenters. The fourth-order valence-corrected chi connectivity index (χ4v) is 3.60. The summed E-state index contributed by atoms with van der Waals surface area (Å²) in [6, 6.07) is 0.492. The Bertz CT molecular complexity index is 268. The third-order valence-electron chi connectivity index (χ3n) is 3.80. The van der Waals surface area contributed by atoms with Crippen LogP contribution in [0.4, 0.5) is 0 Å². The molecule has 1 aliphatic heterocycles. The van der Waals surface area contributed by atoms with E-state index >= 15 is 0 Å². The number of hydrogen-bond acceptors (Lipinski definition) is 4. The van der Waals surface area contributed by atoms with Crippen molar-refractivity contribution in [3.05, 3.63) is 0 Å². The molecular weight excluding hydrogens is 222 g/mol. The minimum absolute atomic E-state index is 0.0170. The summed E-state index contributed by atoms with van der Waals surface area (Å²) < 4.78 is 4.96. The molecule has 1 heterocycles. The maximum atomic E-state index is 11.9. The molecule has 0 bridgehead atoms. The van der Waals surface area contributed by atoms with Crippen LogP contribution in [0.2, 0.25) is 0 Å². The molecule has 4 heteroatoms. The van der Waals surface area contributed by atoms with Gasteiger partial charge in [-0.1, -0.05) is 6.92 Å². The first kappa shape index (κ1) is 12.2. The number of ether oxygens (including phenoxy) is 1. The monoisotopic (exact) mass is 243 g/mol. The van der Waals surface area contributed by atoms with Crippen LogP contribution in [0, 0.1) is 5.92 Å². The van der Waals surface area contributed by atoms with Gasteiger partial charge in [-0.05, 0) is 25.7 Å². The summed E-state index contributed by atoms with van der Waals surface area (Å²) in [5.41, 5.74) is 0. The number of nitrogens with zero attached hydrogens (tertiary/aromatic N) is 1. The van der Waals surface area contributed by atoms with Gasteiger partial charge in [-0.15, -0.1) is 0 Å². The standard InChI is InChI=1S/C12H21NO2S/c1-8-9(2)16-7-6-13(8)11(10-4-5-10)12(14)15-3/h8-11H,4-7H2,1-3H3. The zero-order chi connectivity index (χ0) is 11.7. The summed E-state index contributed by atoms with van der Waals surface area (Å²) in [5, 5.41) is 0.611. The molecule has 2 rings (SSSR count). The summed E-state index contributed by atoms with van der Waals surface area (Å²) in [6.07, 6.45) is 2.37. The first-order valence-electron chi connectivity index (χ1n) is 6.10. The van der Waals surface area contributed by atoms with E-state index in [1.165, 1.54) is 20.0 Å². The molecule has 0 aromatic heterocycles. The SMILES string of the molecule is COC(=O)C(C1CC1)N1CCSC(C)C1C. The number of methoxy groups -OCH3 is 1. The van der Waals surface area contributed by atoms with Gasteiger partial charge in [0.1, 0.15) is 6.04 Å². The van der Waals surface area contributed by atoms with Gasteiger partial charge >= 0.3 is 5.97 Å². The van der Waals surface area contributed by atoms with Crippen LogP contribution in [0.1, 0.15) is 26.7 Å². The van der Waals surface area contributed by atoms with Crippen molar-refractivity contribution < 1.29 is 9.53 Å². The van der Waals surface area contributed by atoms with Gasteiger partial charge in [-0.25, -0.2) is 0 Å². The Hall–Kier alpha value is -0.220. The molecule has 0 amide bonds. The van der Waals surface area contributed by atoms with E-state index in [9.17, 15) is 4.79 Å². The highest BCUT2D eigenvalue weighted by molar-refractivity contribution is 8.00. The van der Waals surface area contributed by atoms with E-state index in [-0.39, 0.29) is 12.0 Å². The smallest absolute Gasteiger partial charge is 0.323 e. The van der Waals surface area contributed by atoms with Crippen LogP contribution in [0.25, 0.3) is 0 Å². The van der Waals surface area contributed by atoms with Crippen LogP contribution in [0.5, 0.6) is 0 Å². The van der Waals surface area contributed by atoms with E-state index in [0.29, 0.717) is 17.2 Å². The van der Waals surface area contributed by atoms with E-state index in [1.807, 2.05) is 11.8 Å². The van der Waals surface area contributed by atoms with Crippen molar-refractivity contribution in [2.24, 2.45) is 5.92 Å². The minimum atomic E-state index is -0.0338. The van der Waals surface area contributed by atoms with Gasteiger partial charge in [0, 0.05) is 23.6 Å². The molecule has 1 aliphatic carbocycles. The Morgan fingerprint density at radius 1 is 1.44 bits per heavy atom. The number of hydrogen-bond donors (Lipinski definition) is 0. The Morgan fingerprint density at radius 3 is 2.69 bits per heavy atom. The van der Waals surface area contributed by atoms with Crippen molar-refractivity contribution in [3.8, 4) is 0 Å². The van der Waals surface area contributed by atoms with E-state index < -0.39 is 0 Å². The highest BCUT2D eigenvalue weighted by Gasteiger charge is 2.44. The molecular formula is C12H21NO2S. The van der Waals surface area contributed by atoms with E-state index in [4.69, 9.17) is 4.74 Å². The summed E-state index contributed by atoms with van der Waals surface area (Å²) in [5.74, 6) is 1.64. The molecule has 0 N–H and O–H groups in total. The average molecular weight is 243 g/mol. The largest absolute Gasteiger partial charge is 0.468 e. The topological polar surface area (TPSA) is 29.5 Å². The van der Waals surface area contributed by atoms with Crippen LogP contribution >= 0.6 is 11.8 Å². The van der Waals surface area contributed by atoms with Crippen LogP contribution < -0.4 is 0 Å². The summed E-state index contributed by atoms with van der Waals surface area (Å²) >= 11 is 2.00. The average Bonchev–Trinajstić information content (AvgIpc) is 3.08. The highest BCUT2D eigenvalue weighted by Crippen LogP contribution is 2.39. The maximum Gasteiger partial charge on any atom is 0.323 e. The lowest BCUT2D eigenvalue weighted by Gasteiger charge is -2.41. The lowest BCUT2D eigenvalue weighted by Crippen LogP contribution is -2.54. The van der Waals surface area contributed by atoms with Gasteiger partial charge < -0.3 is 4.74 Å². The number of esters is 1. The first-order chi connectivity index (χ1) is 7.65. The molecule has 0 radical (unpaired) electrons. The van der Waals surface area contributed by atoms with Crippen molar-refractivity contribution in [1.82, 2.24) is 4.90 Å². The molecule has 2 fully saturated rings. The lowest BCUT2D eigenvalue weighted by atomic mass is 10.1. The Kier molecular flexibility index (Phi) is 3.80. The van der Waals surface area contributed by atoms with Crippen LogP contribution in [-0.4, -0.2) is 47.6 Å². The molecule has 0 aromatic carbocycles. The van der Waals surface area contributed by atoms with Gasteiger partial charge in [0.05, 0.1) is 7.11 Å². The van der Waals surface area contributed by atoms with Crippen molar-refractivity contribution in [2.75, 3.05) is 19.4 Å². The third-order valence-corrected chi connectivity index (χ3v) is 5.14. The van der Waals surface area contributed by atoms with Crippen molar-refractivity contribution in [2.45, 2.75) is 44.0 Å². The molecule has 2 aliphatic rings. The van der Waals surface area contributed by atoms with Gasteiger partial charge in [-0.3, -0.25) is 9.69 Å². The Morgan fingerprint density at radius 2 is 2.12 bits per heavy atom.